The summed E-state index contributed by atoms with van der Waals surface area (Å²) >= 11 is 0. The molecule has 0 fully saturated rings. The van der Waals surface area contributed by atoms with E-state index < -0.39 is 0 Å². The second kappa shape index (κ2) is 7.85. The van der Waals surface area contributed by atoms with Gasteiger partial charge in [-0.25, -0.2) is 0 Å². The van der Waals surface area contributed by atoms with Crippen LogP contribution in [0.25, 0.3) is 34.4 Å². The van der Waals surface area contributed by atoms with Crippen LogP contribution in [-0.2, 0) is 0 Å². The first kappa shape index (κ1) is 17.6. The molecule has 0 spiro atoms. The first-order valence-corrected chi connectivity index (χ1v) is 9.29. The van der Waals surface area contributed by atoms with E-state index >= 15 is 0 Å². The van der Waals surface area contributed by atoms with Crippen LogP contribution < -0.4 is 11.5 Å². The Kier molecular flexibility index (Phi) is 4.94. The topological polar surface area (TPSA) is 52.0 Å². The average Bonchev–Trinajstić information content (AvgIpc) is 2.75. The maximum atomic E-state index is 6.45. The molecule has 0 aliphatic rings. The van der Waals surface area contributed by atoms with Crippen LogP contribution in [-0.4, -0.2) is 0 Å². The molecular formula is C26H22N2. The van der Waals surface area contributed by atoms with Gasteiger partial charge in [0.05, 0.1) is 0 Å². The van der Waals surface area contributed by atoms with E-state index in [4.69, 9.17) is 11.5 Å². The van der Waals surface area contributed by atoms with Gasteiger partial charge in [-0.3, -0.25) is 0 Å². The van der Waals surface area contributed by atoms with Crippen molar-refractivity contribution < 1.29 is 0 Å². The summed E-state index contributed by atoms with van der Waals surface area (Å²) in [5.74, 6) is 0. The van der Waals surface area contributed by atoms with E-state index in [0.717, 1.165) is 44.8 Å². The Hall–Kier alpha value is -3.78. The molecule has 4 aromatic carbocycles. The average molecular weight is 362 g/mol. The van der Waals surface area contributed by atoms with Gasteiger partial charge in [0.2, 0.25) is 0 Å². The van der Waals surface area contributed by atoms with Gasteiger partial charge in [-0.2, -0.15) is 0 Å². The molecule has 2 nitrogen and oxygen atoms in total. The van der Waals surface area contributed by atoms with Gasteiger partial charge in [-0.05, 0) is 46.0 Å². The van der Waals surface area contributed by atoms with E-state index in [1.807, 2.05) is 54.6 Å². The third-order valence-corrected chi connectivity index (χ3v) is 4.79. The molecule has 0 aromatic heterocycles. The molecule has 4 aromatic rings. The minimum atomic E-state index is 0.765. The molecule has 0 heterocycles. The highest BCUT2D eigenvalue weighted by Crippen LogP contribution is 2.39. The van der Waals surface area contributed by atoms with Crippen molar-refractivity contribution in [1.82, 2.24) is 0 Å². The van der Waals surface area contributed by atoms with Gasteiger partial charge in [-0.1, -0.05) is 91.0 Å². The van der Waals surface area contributed by atoms with Crippen molar-refractivity contribution in [3.8, 4) is 22.3 Å². The van der Waals surface area contributed by atoms with Crippen LogP contribution in [0.4, 0.5) is 11.4 Å². The van der Waals surface area contributed by atoms with E-state index in [9.17, 15) is 0 Å². The highest BCUT2D eigenvalue weighted by molar-refractivity contribution is 5.96. The van der Waals surface area contributed by atoms with Gasteiger partial charge < -0.3 is 11.5 Å². The largest absolute Gasteiger partial charge is 0.399 e. The number of rotatable bonds is 4. The predicted octanol–water partition coefficient (Wildman–Crippen LogP) is 6.36. The Morgan fingerprint density at radius 3 is 1.68 bits per heavy atom. The zero-order valence-corrected chi connectivity index (χ0v) is 15.5. The molecular weight excluding hydrogens is 340 g/mol. The molecule has 4 N–H and O–H groups in total. The number of hydrogen-bond acceptors (Lipinski definition) is 2. The van der Waals surface area contributed by atoms with E-state index in [1.165, 1.54) is 0 Å². The first-order chi connectivity index (χ1) is 13.7. The molecule has 0 bridgehead atoms. The third-order valence-electron chi connectivity index (χ3n) is 4.79. The summed E-state index contributed by atoms with van der Waals surface area (Å²) < 4.78 is 0. The van der Waals surface area contributed by atoms with E-state index in [1.54, 1.807) is 0 Å². The lowest BCUT2D eigenvalue weighted by molar-refractivity contribution is 1.55. The van der Waals surface area contributed by atoms with E-state index in [0.29, 0.717) is 0 Å². The number of nitrogen functional groups attached to an aromatic ring is 2. The summed E-state index contributed by atoms with van der Waals surface area (Å²) in [7, 11) is 0. The summed E-state index contributed by atoms with van der Waals surface area (Å²) in [6.07, 6.45) is 4.24. The quantitative estimate of drug-likeness (QED) is 0.328. The summed E-state index contributed by atoms with van der Waals surface area (Å²) in [5.41, 5.74) is 20.5. The second-order valence-electron chi connectivity index (χ2n) is 6.73. The van der Waals surface area contributed by atoms with Crippen LogP contribution in [0.5, 0.6) is 0 Å². The highest BCUT2D eigenvalue weighted by atomic mass is 14.6. The van der Waals surface area contributed by atoms with Crippen LogP contribution in [0.3, 0.4) is 0 Å². The molecule has 2 heteroatoms. The molecule has 28 heavy (non-hydrogen) atoms. The van der Waals surface area contributed by atoms with Gasteiger partial charge in [0.1, 0.15) is 0 Å². The smallest absolute Gasteiger partial charge is 0.0400 e. The molecule has 0 amide bonds. The molecule has 0 radical (unpaired) electrons. The number of nitrogens with two attached hydrogens (primary N) is 2. The Balaban J connectivity index is 1.90. The first-order valence-electron chi connectivity index (χ1n) is 9.29. The van der Waals surface area contributed by atoms with Gasteiger partial charge in [0.15, 0.2) is 0 Å². The third kappa shape index (κ3) is 3.67. The van der Waals surface area contributed by atoms with Crippen molar-refractivity contribution in [3.63, 3.8) is 0 Å². The molecule has 0 unspecified atom stereocenters. The number of anilines is 2. The Labute approximate surface area is 165 Å². The van der Waals surface area contributed by atoms with E-state index in [2.05, 4.69) is 54.6 Å². The molecule has 0 saturated carbocycles. The van der Waals surface area contributed by atoms with Crippen molar-refractivity contribution in [3.05, 3.63) is 108 Å². The van der Waals surface area contributed by atoms with Crippen LogP contribution in [0.2, 0.25) is 0 Å². The lowest BCUT2D eigenvalue weighted by atomic mass is 9.89. The molecule has 4 rings (SSSR count). The SMILES string of the molecule is Nc1ccc(C=Cc2ccc(N)c(-c3ccccc3)c2-c2ccccc2)cc1. The number of benzene rings is 4. The Bertz CT molecular complexity index is 1100. The molecule has 0 aliphatic heterocycles. The van der Waals surface area contributed by atoms with Crippen molar-refractivity contribution in [1.29, 1.82) is 0 Å². The summed E-state index contributed by atoms with van der Waals surface area (Å²) in [6.45, 7) is 0. The minimum absolute atomic E-state index is 0.765. The fraction of sp³-hybridized carbons (Fsp3) is 0. The van der Waals surface area contributed by atoms with Crippen molar-refractivity contribution in [2.75, 3.05) is 11.5 Å². The molecule has 0 aliphatic carbocycles. The standard InChI is InChI=1S/C26H22N2/c27-23-16-12-19(13-17-23)11-14-22-15-18-24(28)26(21-9-5-2-6-10-21)25(22)20-7-3-1-4-8-20/h1-18H,27-28H2. The maximum Gasteiger partial charge on any atom is 0.0400 e. The summed E-state index contributed by atoms with van der Waals surface area (Å²) in [5, 5.41) is 0. The lowest BCUT2D eigenvalue weighted by Gasteiger charge is -2.16. The Morgan fingerprint density at radius 2 is 1.07 bits per heavy atom. The number of hydrogen-bond donors (Lipinski definition) is 2. The van der Waals surface area contributed by atoms with Crippen LogP contribution >= 0.6 is 0 Å². The second-order valence-corrected chi connectivity index (χ2v) is 6.73. The Morgan fingerprint density at radius 1 is 0.500 bits per heavy atom. The van der Waals surface area contributed by atoms with Crippen molar-refractivity contribution >= 4 is 23.5 Å². The van der Waals surface area contributed by atoms with Gasteiger partial charge in [-0.15, -0.1) is 0 Å². The van der Waals surface area contributed by atoms with Crippen molar-refractivity contribution in [2.45, 2.75) is 0 Å². The highest BCUT2D eigenvalue weighted by Gasteiger charge is 2.14. The van der Waals surface area contributed by atoms with Crippen molar-refractivity contribution in [2.24, 2.45) is 0 Å². The molecule has 136 valence electrons. The van der Waals surface area contributed by atoms with Crippen LogP contribution in [0.15, 0.2) is 97.1 Å². The molecule has 0 saturated heterocycles. The molecule has 0 atom stereocenters. The van der Waals surface area contributed by atoms with E-state index in [-0.39, 0.29) is 0 Å². The van der Waals surface area contributed by atoms with Crippen LogP contribution in [0, 0.1) is 0 Å². The predicted molar refractivity (Wildman–Crippen MR) is 122 cm³/mol. The van der Waals surface area contributed by atoms with Gasteiger partial charge >= 0.3 is 0 Å². The minimum Gasteiger partial charge on any atom is -0.399 e. The monoisotopic (exact) mass is 362 g/mol. The fourth-order valence-electron chi connectivity index (χ4n) is 3.40. The maximum absolute atomic E-state index is 6.45. The lowest BCUT2D eigenvalue weighted by Crippen LogP contribution is -1.96. The summed E-state index contributed by atoms with van der Waals surface area (Å²) in [6, 6.07) is 32.6. The zero-order valence-electron chi connectivity index (χ0n) is 15.5. The fourth-order valence-corrected chi connectivity index (χ4v) is 3.40. The summed E-state index contributed by atoms with van der Waals surface area (Å²) in [4.78, 5) is 0. The van der Waals surface area contributed by atoms with Gasteiger partial charge in [0.25, 0.3) is 0 Å². The zero-order chi connectivity index (χ0) is 19.3. The normalized spacial score (nSPS) is 11.0. The van der Waals surface area contributed by atoms with Crippen LogP contribution in [0.1, 0.15) is 11.1 Å². The van der Waals surface area contributed by atoms with Gasteiger partial charge in [0, 0.05) is 16.9 Å².